The summed E-state index contributed by atoms with van der Waals surface area (Å²) in [6.45, 7) is 16.0. The molecule has 1 fully saturated rings. The fourth-order valence-electron chi connectivity index (χ4n) is 8.18. The van der Waals surface area contributed by atoms with Crippen LogP contribution in [0.1, 0.15) is 78.8 Å². The number of aryl methyl sites for hydroxylation is 6. The predicted molar refractivity (Wildman–Crippen MR) is 226 cm³/mol. The van der Waals surface area contributed by atoms with Crippen molar-refractivity contribution in [3.05, 3.63) is 133 Å². The maximum Gasteiger partial charge on any atom is 2.00 e. The monoisotopic (exact) mass is 764 g/mol. The third-order valence-corrected chi connectivity index (χ3v) is 16.6. The summed E-state index contributed by atoms with van der Waals surface area (Å²) in [5.41, 5.74) is 8.95. The van der Waals surface area contributed by atoms with E-state index in [4.69, 9.17) is 9.47 Å². The van der Waals surface area contributed by atoms with Crippen LogP contribution in [0.5, 0.6) is 11.5 Å². The molecule has 0 radical (unpaired) electrons. The first-order valence-electron chi connectivity index (χ1n) is 17.8. The molecule has 51 heavy (non-hydrogen) atoms. The van der Waals surface area contributed by atoms with Crippen molar-refractivity contribution in [3.63, 3.8) is 0 Å². The van der Waals surface area contributed by atoms with E-state index in [9.17, 15) is 0 Å². The Morgan fingerprint density at radius 2 is 1.00 bits per heavy atom. The zero-order valence-electron chi connectivity index (χ0n) is 33.1. The van der Waals surface area contributed by atoms with Gasteiger partial charge in [-0.15, -0.1) is 0 Å². The van der Waals surface area contributed by atoms with Crippen molar-refractivity contribution in [1.82, 2.24) is 0 Å². The number of benzene rings is 4. The van der Waals surface area contributed by atoms with Gasteiger partial charge in [0.15, 0.2) is 0 Å². The van der Waals surface area contributed by atoms with Crippen molar-refractivity contribution < 1.29 is 26.5 Å². The SMILES string of the molecule is C1=CCCC1.COc1c(C)cc(P(c2cc(C)c(OC)c(C)c2)C2CCCC2[C@H](C)P(c2ccccc2C)c2ccccc2C)cc1C.[CH3-].[CH3-].[Fe+2]. The minimum atomic E-state index is -0.602. The fraction of sp³-hybridized carbons (Fsp3) is 0.391. The first-order chi connectivity index (χ1) is 23.2. The van der Waals surface area contributed by atoms with E-state index in [0.717, 1.165) is 11.5 Å². The Balaban J connectivity index is 0.00000104. The average molecular weight is 765 g/mol. The second-order valence-corrected chi connectivity index (χ2v) is 18.8. The molecule has 4 aromatic rings. The summed E-state index contributed by atoms with van der Waals surface area (Å²) in [4.78, 5) is 0. The third-order valence-electron chi connectivity index (χ3n) is 10.4. The topological polar surface area (TPSA) is 18.5 Å². The Morgan fingerprint density at radius 1 is 0.588 bits per heavy atom. The molecule has 0 heterocycles. The van der Waals surface area contributed by atoms with Crippen LogP contribution >= 0.6 is 15.8 Å². The van der Waals surface area contributed by atoms with Crippen LogP contribution in [0.15, 0.2) is 84.9 Å². The van der Waals surface area contributed by atoms with E-state index in [2.05, 4.69) is 133 Å². The summed E-state index contributed by atoms with van der Waals surface area (Å²) in [6, 6.07) is 28.0. The fourth-order valence-corrected chi connectivity index (χ4v) is 15.2. The van der Waals surface area contributed by atoms with Gasteiger partial charge in [-0.3, -0.25) is 0 Å². The number of ether oxygens (including phenoxy) is 2. The maximum atomic E-state index is 5.81. The number of hydrogen-bond donors (Lipinski definition) is 0. The van der Waals surface area contributed by atoms with E-state index < -0.39 is 15.8 Å². The van der Waals surface area contributed by atoms with Gasteiger partial charge in [0.25, 0.3) is 0 Å². The summed E-state index contributed by atoms with van der Waals surface area (Å²) in [5, 5.41) is 6.05. The zero-order valence-corrected chi connectivity index (χ0v) is 36.0. The predicted octanol–water partition coefficient (Wildman–Crippen LogP) is 11.3. The van der Waals surface area contributed by atoms with E-state index in [-0.39, 0.29) is 31.9 Å². The number of rotatable bonds is 9. The first-order valence-corrected chi connectivity index (χ1v) is 20.6. The molecule has 276 valence electrons. The van der Waals surface area contributed by atoms with E-state index in [1.54, 1.807) is 24.8 Å². The van der Waals surface area contributed by atoms with Crippen LogP contribution in [0, 0.1) is 62.3 Å². The Hall–Kier alpha value is -2.40. The van der Waals surface area contributed by atoms with Gasteiger partial charge in [-0.05, 0) is 186 Å². The van der Waals surface area contributed by atoms with Gasteiger partial charge in [0.1, 0.15) is 11.5 Å². The van der Waals surface area contributed by atoms with Crippen molar-refractivity contribution in [3.8, 4) is 11.5 Å². The minimum Gasteiger partial charge on any atom is -0.496 e. The average Bonchev–Trinajstić information content (AvgIpc) is 3.79. The Morgan fingerprint density at radius 3 is 1.35 bits per heavy atom. The molecule has 2 unspecified atom stereocenters. The van der Waals surface area contributed by atoms with E-state index in [1.165, 1.54) is 82.5 Å². The van der Waals surface area contributed by atoms with Gasteiger partial charge in [-0.2, -0.15) is 0 Å². The van der Waals surface area contributed by atoms with Crippen LogP contribution in [0.3, 0.4) is 0 Å². The number of allylic oxidation sites excluding steroid dienone is 2. The van der Waals surface area contributed by atoms with Gasteiger partial charge in [0.05, 0.1) is 14.2 Å². The smallest absolute Gasteiger partial charge is 0.496 e. The van der Waals surface area contributed by atoms with Crippen molar-refractivity contribution >= 4 is 37.1 Å². The molecule has 0 N–H and O–H groups in total. The molecule has 3 atom stereocenters. The molecule has 0 saturated heterocycles. The summed E-state index contributed by atoms with van der Waals surface area (Å²) in [6.07, 6.45) is 12.4. The Labute approximate surface area is 325 Å². The van der Waals surface area contributed by atoms with Gasteiger partial charge in [0.2, 0.25) is 0 Å². The van der Waals surface area contributed by atoms with Crippen molar-refractivity contribution in [2.75, 3.05) is 14.2 Å². The summed E-state index contributed by atoms with van der Waals surface area (Å²) >= 11 is 0. The molecule has 2 aliphatic rings. The molecule has 4 aromatic carbocycles. The number of hydrogen-bond acceptors (Lipinski definition) is 2. The van der Waals surface area contributed by atoms with Gasteiger partial charge in [-0.25, -0.2) is 0 Å². The second-order valence-electron chi connectivity index (χ2n) is 13.8. The zero-order chi connectivity index (χ0) is 34.4. The molecular formula is C46H62FeO2P2. The maximum absolute atomic E-state index is 5.81. The van der Waals surface area contributed by atoms with E-state index in [1.807, 2.05) is 0 Å². The minimum absolute atomic E-state index is 0. The summed E-state index contributed by atoms with van der Waals surface area (Å²) in [7, 11) is 2.46. The normalized spacial score (nSPS) is 16.8. The van der Waals surface area contributed by atoms with Crippen molar-refractivity contribution in [2.45, 2.75) is 98.3 Å². The standard InChI is InChI=1S/C39H48O2P2.C5H8.2CH3.Fe/c1-25-15-10-12-18-35(25)42(36-19-13-11-16-26(36)2)31(7)34-17-14-20-37(34)43(32-21-27(3)38(40-8)28(4)22-32)33-23-29(5)39(41-9)30(6)24-33;1-2-4-5-3-1;;;/h10-13,15-16,18-19,21-24,31,34,37H,14,17,20H2,1-9H3;1-2H,3-5H2;2*1H3;/q;;2*-1;+2/t31-,34?,37?;;;;/m0..../s1. The van der Waals surface area contributed by atoms with Gasteiger partial charge in [-0.1, -0.05) is 74.0 Å². The summed E-state index contributed by atoms with van der Waals surface area (Å²) in [5.74, 6) is 2.67. The molecule has 0 aromatic heterocycles. The van der Waals surface area contributed by atoms with Gasteiger partial charge >= 0.3 is 17.1 Å². The Bertz CT molecular complexity index is 1570. The molecule has 5 heteroatoms. The quantitative estimate of drug-likeness (QED) is 0.0731. The molecule has 1 saturated carbocycles. The van der Waals surface area contributed by atoms with Crippen LogP contribution in [0.25, 0.3) is 0 Å². The first kappa shape index (κ1) is 44.8. The van der Waals surface area contributed by atoms with Gasteiger partial charge in [0, 0.05) is 0 Å². The molecule has 0 spiro atoms. The summed E-state index contributed by atoms with van der Waals surface area (Å²) < 4.78 is 11.6. The molecule has 2 aliphatic carbocycles. The van der Waals surface area contributed by atoms with Crippen LogP contribution in [-0.2, 0) is 17.1 Å². The number of methoxy groups -OCH3 is 2. The van der Waals surface area contributed by atoms with Crippen LogP contribution in [0.4, 0.5) is 0 Å². The van der Waals surface area contributed by atoms with Crippen molar-refractivity contribution in [1.29, 1.82) is 0 Å². The third kappa shape index (κ3) is 10.2. The van der Waals surface area contributed by atoms with Crippen LogP contribution < -0.4 is 30.7 Å². The molecule has 0 aliphatic heterocycles. The van der Waals surface area contributed by atoms with Crippen LogP contribution in [-0.4, -0.2) is 25.5 Å². The second kappa shape index (κ2) is 20.7. The largest absolute Gasteiger partial charge is 2.00 e. The molecule has 0 amide bonds. The molecule has 6 rings (SSSR count). The molecule has 2 nitrogen and oxygen atoms in total. The van der Waals surface area contributed by atoms with Crippen molar-refractivity contribution in [2.24, 2.45) is 5.92 Å². The molecular weight excluding hydrogens is 702 g/mol. The molecule has 0 bridgehead atoms. The Kier molecular flexibility index (Phi) is 18.2. The van der Waals surface area contributed by atoms with Gasteiger partial charge < -0.3 is 24.3 Å². The van der Waals surface area contributed by atoms with Crippen LogP contribution in [0.2, 0.25) is 0 Å². The van der Waals surface area contributed by atoms with E-state index >= 15 is 0 Å². The van der Waals surface area contributed by atoms with E-state index in [0.29, 0.717) is 17.2 Å².